The summed E-state index contributed by atoms with van der Waals surface area (Å²) in [5.41, 5.74) is 2.70. The van der Waals surface area contributed by atoms with Gasteiger partial charge >= 0.3 is 0 Å². The van der Waals surface area contributed by atoms with Gasteiger partial charge in [-0.25, -0.2) is 0 Å². The van der Waals surface area contributed by atoms with Crippen LogP contribution in [0.2, 0.25) is 5.02 Å². The Morgan fingerprint density at radius 3 is 2.79 bits per heavy atom. The molecule has 0 amide bonds. The van der Waals surface area contributed by atoms with Crippen molar-refractivity contribution in [2.75, 3.05) is 0 Å². The summed E-state index contributed by atoms with van der Waals surface area (Å²) in [6.07, 6.45) is 0. The third kappa shape index (κ3) is 1.70. The lowest BCUT2D eigenvalue weighted by Gasteiger charge is -1.97. The number of benzene rings is 1. The second-order valence-corrected chi connectivity index (χ2v) is 4.32. The van der Waals surface area contributed by atoms with Gasteiger partial charge < -0.3 is 0 Å². The first-order valence-electron chi connectivity index (χ1n) is 4.15. The summed E-state index contributed by atoms with van der Waals surface area (Å²) in [6, 6.07) is 7.89. The van der Waals surface area contributed by atoms with Crippen LogP contribution in [0.3, 0.4) is 0 Å². The molecule has 1 aromatic heterocycles. The van der Waals surface area contributed by atoms with E-state index in [9.17, 15) is 0 Å². The van der Waals surface area contributed by atoms with Gasteiger partial charge in [0.05, 0.1) is 10.7 Å². The number of nitrogens with one attached hydrogen (secondary N) is 1. The zero-order valence-electron chi connectivity index (χ0n) is 7.51. The minimum atomic E-state index is 0.683. The smallest absolute Gasteiger partial charge is 0.111 e. The van der Waals surface area contributed by atoms with Crippen LogP contribution in [0.4, 0.5) is 0 Å². The molecule has 1 aromatic carbocycles. The number of hydrogen-bond donors (Lipinski definition) is 1. The Balaban J connectivity index is 2.55. The van der Waals surface area contributed by atoms with E-state index in [-0.39, 0.29) is 0 Å². The summed E-state index contributed by atoms with van der Waals surface area (Å²) in [5.74, 6) is 0. The first-order chi connectivity index (χ1) is 6.68. The largest absolute Gasteiger partial charge is 0.281 e. The highest BCUT2D eigenvalue weighted by Gasteiger charge is 2.09. The third-order valence-corrected chi connectivity index (χ3v) is 2.93. The molecule has 0 bridgehead atoms. The minimum absolute atomic E-state index is 0.683. The first kappa shape index (κ1) is 9.74. The van der Waals surface area contributed by atoms with Gasteiger partial charge in [0.15, 0.2) is 0 Å². The first-order valence-corrected chi connectivity index (χ1v) is 5.32. The van der Waals surface area contributed by atoms with Gasteiger partial charge in [-0.15, -0.1) is 0 Å². The summed E-state index contributed by atoms with van der Waals surface area (Å²) in [5, 5.41) is 7.69. The van der Waals surface area contributed by atoms with Crippen LogP contribution >= 0.6 is 27.5 Å². The summed E-state index contributed by atoms with van der Waals surface area (Å²) < 4.78 is 1.02. The van der Waals surface area contributed by atoms with E-state index in [1.807, 2.05) is 31.2 Å². The van der Waals surface area contributed by atoms with Gasteiger partial charge in [0, 0.05) is 10.0 Å². The maximum atomic E-state index is 6.09. The molecule has 0 spiro atoms. The molecule has 2 rings (SSSR count). The highest BCUT2D eigenvalue weighted by Crippen LogP contribution is 2.29. The number of nitrogens with zero attached hydrogens (tertiary/aromatic N) is 1. The van der Waals surface area contributed by atoms with Crippen LogP contribution in [-0.4, -0.2) is 10.2 Å². The van der Waals surface area contributed by atoms with Crippen molar-refractivity contribution < 1.29 is 0 Å². The Morgan fingerprint density at radius 2 is 2.21 bits per heavy atom. The number of rotatable bonds is 1. The average molecular weight is 272 g/mol. The molecule has 2 aromatic rings. The van der Waals surface area contributed by atoms with Crippen LogP contribution in [0.25, 0.3) is 11.3 Å². The molecule has 1 N–H and O–H groups in total. The quantitative estimate of drug-likeness (QED) is 0.839. The van der Waals surface area contributed by atoms with Crippen molar-refractivity contribution in [1.82, 2.24) is 10.2 Å². The Morgan fingerprint density at radius 1 is 1.43 bits per heavy atom. The van der Waals surface area contributed by atoms with Crippen LogP contribution in [0.15, 0.2) is 28.7 Å². The van der Waals surface area contributed by atoms with Crippen molar-refractivity contribution in [1.29, 1.82) is 0 Å². The maximum Gasteiger partial charge on any atom is 0.111 e. The highest BCUT2D eigenvalue weighted by molar-refractivity contribution is 9.10. The van der Waals surface area contributed by atoms with Crippen LogP contribution in [0.5, 0.6) is 0 Å². The lowest BCUT2D eigenvalue weighted by molar-refractivity contribution is 1.05. The molecule has 2 nitrogen and oxygen atoms in total. The molecular weight excluding hydrogens is 263 g/mol. The van der Waals surface area contributed by atoms with Gasteiger partial charge in [0.1, 0.15) is 5.69 Å². The van der Waals surface area contributed by atoms with Crippen molar-refractivity contribution in [2.45, 2.75) is 6.92 Å². The van der Waals surface area contributed by atoms with Gasteiger partial charge in [-0.2, -0.15) is 5.10 Å². The predicted molar refractivity (Wildman–Crippen MR) is 61.5 cm³/mol. The molecule has 72 valence electrons. The fourth-order valence-corrected chi connectivity index (χ4v) is 1.84. The predicted octanol–water partition coefficient (Wildman–Crippen LogP) is 3.80. The minimum Gasteiger partial charge on any atom is -0.281 e. The number of hydrogen-bond acceptors (Lipinski definition) is 1. The summed E-state index contributed by atoms with van der Waals surface area (Å²) in [7, 11) is 0. The van der Waals surface area contributed by atoms with E-state index in [0.29, 0.717) is 5.02 Å². The molecule has 0 aliphatic carbocycles. The lowest BCUT2D eigenvalue weighted by atomic mass is 10.1. The number of aryl methyl sites for hydroxylation is 1. The monoisotopic (exact) mass is 270 g/mol. The van der Waals surface area contributed by atoms with E-state index >= 15 is 0 Å². The Kier molecular flexibility index (Phi) is 2.61. The van der Waals surface area contributed by atoms with Gasteiger partial charge in [-0.1, -0.05) is 39.7 Å². The molecule has 0 atom stereocenters. The summed E-state index contributed by atoms with van der Waals surface area (Å²) in [4.78, 5) is 0. The highest BCUT2D eigenvalue weighted by atomic mass is 79.9. The average Bonchev–Trinajstić information content (AvgIpc) is 2.48. The molecule has 0 aliphatic heterocycles. The molecule has 1 heterocycles. The second-order valence-electron chi connectivity index (χ2n) is 3.02. The van der Waals surface area contributed by atoms with Gasteiger partial charge in [0.25, 0.3) is 0 Å². The van der Waals surface area contributed by atoms with Crippen molar-refractivity contribution in [3.05, 3.63) is 39.5 Å². The molecule has 0 saturated heterocycles. The second kappa shape index (κ2) is 3.75. The molecule has 0 saturated carbocycles. The van der Waals surface area contributed by atoms with Gasteiger partial charge in [0.2, 0.25) is 0 Å². The number of aromatic amines is 1. The van der Waals surface area contributed by atoms with E-state index < -0.39 is 0 Å². The van der Waals surface area contributed by atoms with Crippen molar-refractivity contribution in [3.63, 3.8) is 0 Å². The number of H-pyrrole nitrogens is 1. The molecule has 14 heavy (non-hydrogen) atoms. The van der Waals surface area contributed by atoms with Crippen LogP contribution in [-0.2, 0) is 0 Å². The zero-order valence-corrected chi connectivity index (χ0v) is 9.85. The molecular formula is C10H8BrClN2. The zero-order chi connectivity index (χ0) is 10.1. The lowest BCUT2D eigenvalue weighted by Crippen LogP contribution is -1.78. The number of halogens is 2. The van der Waals surface area contributed by atoms with E-state index in [2.05, 4.69) is 26.1 Å². The standard InChI is InChI=1S/C10H8BrClN2/c1-6-9(12)10(14-13-6)7-3-2-4-8(11)5-7/h2-5H,1H3,(H,13,14). The van der Waals surface area contributed by atoms with Crippen LogP contribution < -0.4 is 0 Å². The summed E-state index contributed by atoms with van der Waals surface area (Å²) in [6.45, 7) is 1.90. The maximum absolute atomic E-state index is 6.09. The molecule has 4 heteroatoms. The SMILES string of the molecule is Cc1[nH]nc(-c2cccc(Br)c2)c1Cl. The fraction of sp³-hybridized carbons (Fsp3) is 0.100. The van der Waals surface area contributed by atoms with E-state index in [1.54, 1.807) is 0 Å². The van der Waals surface area contributed by atoms with Gasteiger partial charge in [-0.05, 0) is 19.1 Å². The number of aromatic nitrogens is 2. The van der Waals surface area contributed by atoms with Crippen molar-refractivity contribution >= 4 is 27.5 Å². The van der Waals surface area contributed by atoms with E-state index in [0.717, 1.165) is 21.4 Å². The molecule has 0 radical (unpaired) electrons. The topological polar surface area (TPSA) is 28.7 Å². The Bertz CT molecular complexity index is 465. The summed E-state index contributed by atoms with van der Waals surface area (Å²) >= 11 is 9.50. The Labute approximate surface area is 95.4 Å². The van der Waals surface area contributed by atoms with Crippen molar-refractivity contribution in [2.24, 2.45) is 0 Å². The fourth-order valence-electron chi connectivity index (χ4n) is 1.24. The Hall–Kier alpha value is -0.800. The van der Waals surface area contributed by atoms with Crippen molar-refractivity contribution in [3.8, 4) is 11.3 Å². The molecule has 0 fully saturated rings. The van der Waals surface area contributed by atoms with E-state index in [4.69, 9.17) is 11.6 Å². The van der Waals surface area contributed by atoms with Gasteiger partial charge in [-0.3, -0.25) is 5.10 Å². The van der Waals surface area contributed by atoms with E-state index in [1.165, 1.54) is 0 Å². The molecule has 0 aliphatic rings. The van der Waals surface area contributed by atoms with Crippen LogP contribution in [0, 0.1) is 6.92 Å². The molecule has 0 unspecified atom stereocenters. The third-order valence-electron chi connectivity index (χ3n) is 1.97. The van der Waals surface area contributed by atoms with Crippen LogP contribution in [0.1, 0.15) is 5.69 Å². The normalized spacial score (nSPS) is 10.5.